The fourth-order valence-electron chi connectivity index (χ4n) is 12.2. The van der Waals surface area contributed by atoms with Crippen LogP contribution in [0.2, 0.25) is 16.6 Å². The van der Waals surface area contributed by atoms with Crippen molar-refractivity contribution >= 4 is 47.0 Å². The summed E-state index contributed by atoms with van der Waals surface area (Å²) in [5.74, 6) is 0.906. The molecule has 10 rings (SSSR count). The third-order valence-corrected chi connectivity index (χ3v) is 21.9. The van der Waals surface area contributed by atoms with Crippen LogP contribution in [0.5, 0.6) is 6.01 Å². The zero-order valence-corrected chi connectivity index (χ0v) is 41.4. The van der Waals surface area contributed by atoms with Gasteiger partial charge in [-0.05, 0) is 84.8 Å². The third kappa shape index (κ3) is 8.72. The lowest BCUT2D eigenvalue weighted by atomic mass is 9.94. The van der Waals surface area contributed by atoms with Gasteiger partial charge in [0, 0.05) is 53.8 Å². The van der Waals surface area contributed by atoms with Crippen molar-refractivity contribution in [3.63, 3.8) is 0 Å². The molecule has 6 aromatic rings. The van der Waals surface area contributed by atoms with Gasteiger partial charge in [0.05, 0.1) is 30.6 Å². The molecule has 358 valence electrons. The highest BCUT2D eigenvalue weighted by atomic mass is 28.3. The molecular formula is C57H62F4N6OSi. The molecule has 3 aliphatic heterocycles. The first-order valence-corrected chi connectivity index (χ1v) is 27.2. The van der Waals surface area contributed by atoms with Crippen LogP contribution in [0, 0.1) is 34.8 Å². The molecule has 69 heavy (non-hydrogen) atoms. The van der Waals surface area contributed by atoms with Gasteiger partial charge in [-0.1, -0.05) is 121 Å². The van der Waals surface area contributed by atoms with E-state index in [2.05, 4.69) is 62.9 Å². The Morgan fingerprint density at radius 2 is 1.59 bits per heavy atom. The maximum Gasteiger partial charge on any atom is 0.319 e. The molecule has 1 saturated carbocycles. The number of halogens is 4. The quantitative estimate of drug-likeness (QED) is 0.0558. The molecule has 2 aromatic heterocycles. The van der Waals surface area contributed by atoms with Crippen LogP contribution in [0.15, 0.2) is 90.1 Å². The molecule has 2 unspecified atom stereocenters. The number of aliphatic imine (C=N–C) groups is 1. The molecule has 4 atom stereocenters. The topological polar surface area (TPSA) is 66.7 Å². The molecule has 0 bridgehead atoms. The Morgan fingerprint density at radius 1 is 0.884 bits per heavy atom. The van der Waals surface area contributed by atoms with Crippen molar-refractivity contribution in [1.82, 2.24) is 19.9 Å². The van der Waals surface area contributed by atoms with Crippen molar-refractivity contribution in [2.45, 2.75) is 127 Å². The maximum atomic E-state index is 18.4. The summed E-state index contributed by atoms with van der Waals surface area (Å²) in [6.45, 7) is 11.7. The summed E-state index contributed by atoms with van der Waals surface area (Å²) < 4.78 is 91.5. The van der Waals surface area contributed by atoms with Gasteiger partial charge in [0.2, 0.25) is 0 Å². The Balaban J connectivity index is 1.24. The standard InChI is InChI=1S/C57H62F4N6OSi/c1-35(2)69(36(3)4,37(5)6)26-22-44-49-41(28-47(59)50(44)60)27-43(63-52(38-17-10-7-11-18-38)39-19-12-8-13-20-39)30-45(49)53-51(61)54-46(32-62-53)55(67-25-15-9-14-21-40-29-48(40)67)65-56(64-54)68-34-57-23-16-24-66(57)33-42(58)31-57/h7-8,10-13,17-20,27-28,30,32,35-37,40,42,48H,9,14-16,21,23-25,29,31,33-34H2,1-6H3/t40?,42-,48?,57+/m1/s1/i34D2. The van der Waals surface area contributed by atoms with E-state index in [1.165, 1.54) is 6.20 Å². The number of aromatic nitrogens is 3. The number of ether oxygens (including phenoxy) is 1. The van der Waals surface area contributed by atoms with E-state index >= 15 is 17.6 Å². The van der Waals surface area contributed by atoms with E-state index in [1.807, 2.05) is 65.6 Å². The average molecular weight is 953 g/mol. The summed E-state index contributed by atoms with van der Waals surface area (Å²) in [5.41, 5.74) is 5.02. The summed E-state index contributed by atoms with van der Waals surface area (Å²) in [6.07, 6.45) is 6.37. The van der Waals surface area contributed by atoms with E-state index in [1.54, 1.807) is 12.1 Å². The fraction of sp³-hybridized carbons (Fsp3) is 0.439. The largest absolute Gasteiger partial charge is 0.461 e. The molecule has 0 N–H and O–H groups in total. The van der Waals surface area contributed by atoms with E-state index < -0.39 is 43.8 Å². The van der Waals surface area contributed by atoms with Crippen LogP contribution >= 0.6 is 0 Å². The SMILES string of the molecule is [2H]C([2H])(Oc1nc(N2CCCCCC3CC32)c2cnc(-c3cc(N=C(c4ccccc4)c4ccccc4)cc4cc(F)c(F)c(C#C[Si](C(C)C)(C(C)C)C(C)C)c34)c(F)c2n1)[C@@]12CCCN1C[C@H](F)C2. The number of anilines is 1. The smallest absolute Gasteiger partial charge is 0.319 e. The molecule has 7 nitrogen and oxygen atoms in total. The van der Waals surface area contributed by atoms with Crippen molar-refractivity contribution in [3.05, 3.63) is 119 Å². The average Bonchev–Trinajstić information content (AvgIpc) is 3.81. The first-order chi connectivity index (χ1) is 34.0. The zero-order valence-electron chi connectivity index (χ0n) is 42.4. The summed E-state index contributed by atoms with van der Waals surface area (Å²) in [6, 6.07) is 23.5. The predicted octanol–water partition coefficient (Wildman–Crippen LogP) is 13.7. The van der Waals surface area contributed by atoms with Crippen molar-refractivity contribution in [1.29, 1.82) is 0 Å². The van der Waals surface area contributed by atoms with Crippen LogP contribution < -0.4 is 9.64 Å². The summed E-state index contributed by atoms with van der Waals surface area (Å²) in [7, 11) is -2.52. The molecular weight excluding hydrogens is 889 g/mol. The first-order valence-electron chi connectivity index (χ1n) is 25.9. The summed E-state index contributed by atoms with van der Waals surface area (Å²) in [4.78, 5) is 23.6. The lowest BCUT2D eigenvalue weighted by Crippen LogP contribution is -2.43. The van der Waals surface area contributed by atoms with Crippen LogP contribution in [0.3, 0.4) is 0 Å². The zero-order chi connectivity index (χ0) is 50.0. The van der Waals surface area contributed by atoms with Crippen molar-refractivity contribution in [3.8, 4) is 28.7 Å². The Hall–Kier alpha value is -5.64. The number of alkyl halides is 1. The second-order valence-electron chi connectivity index (χ2n) is 20.7. The highest BCUT2D eigenvalue weighted by Gasteiger charge is 2.50. The molecule has 1 aliphatic carbocycles. The van der Waals surface area contributed by atoms with Gasteiger partial charge >= 0.3 is 6.01 Å². The Labute approximate surface area is 407 Å². The number of hydrogen-bond donors (Lipinski definition) is 0. The van der Waals surface area contributed by atoms with Gasteiger partial charge in [-0.25, -0.2) is 22.6 Å². The minimum absolute atomic E-state index is 0.0433. The molecule has 0 amide bonds. The highest BCUT2D eigenvalue weighted by Crippen LogP contribution is 2.47. The minimum Gasteiger partial charge on any atom is -0.461 e. The number of fused-ring (bicyclic) bond motifs is 4. The number of hydrogen-bond acceptors (Lipinski definition) is 7. The predicted molar refractivity (Wildman–Crippen MR) is 273 cm³/mol. The van der Waals surface area contributed by atoms with E-state index in [-0.39, 0.29) is 74.8 Å². The van der Waals surface area contributed by atoms with Gasteiger partial charge in [-0.3, -0.25) is 9.88 Å². The molecule has 4 fully saturated rings. The van der Waals surface area contributed by atoms with Crippen molar-refractivity contribution in [2.75, 3.05) is 31.1 Å². The number of rotatable bonds is 11. The van der Waals surface area contributed by atoms with Gasteiger partial charge in [0.15, 0.2) is 17.5 Å². The van der Waals surface area contributed by atoms with Gasteiger partial charge in [0.25, 0.3) is 0 Å². The number of benzene rings is 4. The third-order valence-electron chi connectivity index (χ3n) is 15.6. The van der Waals surface area contributed by atoms with Crippen molar-refractivity contribution in [2.24, 2.45) is 10.9 Å². The monoisotopic (exact) mass is 952 g/mol. The van der Waals surface area contributed by atoms with E-state index in [9.17, 15) is 2.74 Å². The van der Waals surface area contributed by atoms with Crippen molar-refractivity contribution < 1.29 is 25.0 Å². The molecule has 3 saturated heterocycles. The molecule has 12 heteroatoms. The Bertz CT molecular complexity index is 3030. The van der Waals surface area contributed by atoms with Crippen LogP contribution in [0.4, 0.5) is 29.1 Å². The molecule has 5 heterocycles. The molecule has 4 aromatic carbocycles. The fourth-order valence-corrected chi connectivity index (χ4v) is 17.4. The van der Waals surface area contributed by atoms with Gasteiger partial charge in [0.1, 0.15) is 37.8 Å². The minimum atomic E-state index is -2.52. The first kappa shape index (κ1) is 44.6. The van der Waals surface area contributed by atoms with Crippen LogP contribution in [-0.2, 0) is 0 Å². The normalized spacial score (nSPS) is 22.2. The number of pyridine rings is 1. The Kier molecular flexibility index (Phi) is 12.2. The van der Waals surface area contributed by atoms with Crippen LogP contribution in [0.25, 0.3) is 32.9 Å². The molecule has 0 spiro atoms. The van der Waals surface area contributed by atoms with Crippen LogP contribution in [0.1, 0.15) is 112 Å². The highest BCUT2D eigenvalue weighted by molar-refractivity contribution is 6.90. The Morgan fingerprint density at radius 3 is 2.29 bits per heavy atom. The summed E-state index contributed by atoms with van der Waals surface area (Å²) in [5, 5.41) is 0.736. The number of nitrogens with zero attached hydrogens (tertiary/aromatic N) is 6. The molecule has 0 radical (unpaired) electrons. The van der Waals surface area contributed by atoms with E-state index in [0.717, 1.165) is 49.3 Å². The lowest BCUT2D eigenvalue weighted by molar-refractivity contribution is 0.107. The van der Waals surface area contributed by atoms with E-state index in [4.69, 9.17) is 19.7 Å². The maximum absolute atomic E-state index is 18.4. The van der Waals surface area contributed by atoms with Gasteiger partial charge in [-0.15, -0.1) is 5.54 Å². The second-order valence-corrected chi connectivity index (χ2v) is 26.3. The summed E-state index contributed by atoms with van der Waals surface area (Å²) >= 11 is 0. The lowest BCUT2D eigenvalue weighted by Gasteiger charge is -2.38. The van der Waals surface area contributed by atoms with Crippen LogP contribution in [-0.4, -0.2) is 77.6 Å². The van der Waals surface area contributed by atoms with E-state index in [0.29, 0.717) is 54.5 Å². The molecule has 4 aliphatic rings. The van der Waals surface area contributed by atoms with Gasteiger partial charge < -0.3 is 9.64 Å². The van der Waals surface area contributed by atoms with Gasteiger partial charge in [-0.2, -0.15) is 9.97 Å². The second kappa shape index (κ2) is 18.9.